The fourth-order valence-electron chi connectivity index (χ4n) is 1.98. The molecule has 1 N–H and O–H groups in total. The minimum Gasteiger partial charge on any atom is -0.324 e. The van der Waals surface area contributed by atoms with Gasteiger partial charge in [-0.3, -0.25) is 9.10 Å². The Bertz CT molecular complexity index is 806. The summed E-state index contributed by atoms with van der Waals surface area (Å²) in [7, 11) is -2.16. The molecule has 0 unspecified atom stereocenters. The molecule has 0 atom stereocenters. The van der Waals surface area contributed by atoms with Gasteiger partial charge in [0.15, 0.2) is 0 Å². The Labute approximate surface area is 151 Å². The second kappa shape index (κ2) is 7.88. The molecule has 0 aliphatic heterocycles. The van der Waals surface area contributed by atoms with Crippen LogP contribution in [-0.4, -0.2) is 27.1 Å². The van der Waals surface area contributed by atoms with Crippen LogP contribution < -0.4 is 9.62 Å². The van der Waals surface area contributed by atoms with Gasteiger partial charge in [-0.2, -0.15) is 0 Å². The van der Waals surface area contributed by atoms with E-state index in [1.54, 1.807) is 48.5 Å². The molecule has 8 heteroatoms. The maximum absolute atomic E-state index is 12.3. The summed E-state index contributed by atoms with van der Waals surface area (Å²) in [5, 5.41) is 3.13. The Hall–Kier alpha value is -1.76. The predicted molar refractivity (Wildman–Crippen MR) is 98.3 cm³/mol. The number of benzene rings is 2. The molecular weight excluding hydrogens is 371 g/mol. The number of carbonyl (C=O) groups excluding carboxylic acids is 1. The van der Waals surface area contributed by atoms with Crippen LogP contribution in [0.4, 0.5) is 11.4 Å². The summed E-state index contributed by atoms with van der Waals surface area (Å²) in [6.07, 6.45) is -0.207. The van der Waals surface area contributed by atoms with Crippen molar-refractivity contribution in [1.82, 2.24) is 0 Å². The predicted octanol–water partition coefficient (Wildman–Crippen LogP) is 3.79. The van der Waals surface area contributed by atoms with Crippen LogP contribution >= 0.6 is 23.2 Å². The number of nitrogens with one attached hydrogen (secondary N) is 1. The number of halogens is 2. The SMILES string of the molecule is CN(c1ccccc1)S(=O)(=O)CCC(=O)Nc1c(Cl)cccc1Cl. The summed E-state index contributed by atoms with van der Waals surface area (Å²) in [6.45, 7) is 0. The highest BCUT2D eigenvalue weighted by Gasteiger charge is 2.20. The van der Waals surface area contributed by atoms with Gasteiger partial charge in [0.05, 0.1) is 27.2 Å². The molecule has 2 rings (SSSR count). The van der Waals surface area contributed by atoms with E-state index >= 15 is 0 Å². The molecule has 0 bridgehead atoms. The number of carbonyl (C=O) groups is 1. The number of para-hydroxylation sites is 2. The third kappa shape index (κ3) is 4.63. The first-order chi connectivity index (χ1) is 11.3. The molecule has 24 heavy (non-hydrogen) atoms. The molecule has 1 amide bonds. The maximum Gasteiger partial charge on any atom is 0.235 e. The Kier molecular flexibility index (Phi) is 6.10. The smallest absolute Gasteiger partial charge is 0.235 e. The van der Waals surface area contributed by atoms with Gasteiger partial charge in [0.25, 0.3) is 0 Å². The fraction of sp³-hybridized carbons (Fsp3) is 0.188. The average molecular weight is 387 g/mol. The van der Waals surface area contributed by atoms with E-state index in [0.29, 0.717) is 15.7 Å². The number of nitrogens with zero attached hydrogens (tertiary/aromatic N) is 1. The highest BCUT2D eigenvalue weighted by atomic mass is 35.5. The molecular formula is C16H16Cl2N2O3S. The standard InChI is InChI=1S/C16H16Cl2N2O3S/c1-20(12-6-3-2-4-7-12)24(22,23)11-10-15(21)19-16-13(17)8-5-9-14(16)18/h2-9H,10-11H2,1H3,(H,19,21). The van der Waals surface area contributed by atoms with E-state index in [0.717, 1.165) is 4.31 Å². The van der Waals surface area contributed by atoms with E-state index in [2.05, 4.69) is 5.32 Å². The summed E-state index contributed by atoms with van der Waals surface area (Å²) in [6, 6.07) is 13.5. The minimum absolute atomic E-state index is 0.207. The number of hydrogen-bond acceptors (Lipinski definition) is 3. The second-order valence-electron chi connectivity index (χ2n) is 5.01. The first-order valence-corrected chi connectivity index (χ1v) is 9.43. The Balaban J connectivity index is 2.00. The molecule has 0 saturated heterocycles. The first-order valence-electron chi connectivity index (χ1n) is 7.07. The monoisotopic (exact) mass is 386 g/mol. The van der Waals surface area contributed by atoms with Gasteiger partial charge < -0.3 is 5.32 Å². The van der Waals surface area contributed by atoms with Gasteiger partial charge >= 0.3 is 0 Å². The van der Waals surface area contributed by atoms with Crippen molar-refractivity contribution in [3.8, 4) is 0 Å². The molecule has 0 fully saturated rings. The highest BCUT2D eigenvalue weighted by Crippen LogP contribution is 2.29. The molecule has 5 nitrogen and oxygen atoms in total. The third-order valence-corrected chi connectivity index (χ3v) is 5.75. The zero-order valence-electron chi connectivity index (χ0n) is 12.9. The lowest BCUT2D eigenvalue weighted by molar-refractivity contribution is -0.115. The Morgan fingerprint density at radius 2 is 1.62 bits per heavy atom. The largest absolute Gasteiger partial charge is 0.324 e. The van der Waals surface area contributed by atoms with Crippen LogP contribution in [0.2, 0.25) is 10.0 Å². The Morgan fingerprint density at radius 1 is 1.04 bits per heavy atom. The van der Waals surface area contributed by atoms with Crippen molar-refractivity contribution in [3.63, 3.8) is 0 Å². The van der Waals surface area contributed by atoms with Crippen LogP contribution in [0.15, 0.2) is 48.5 Å². The number of anilines is 2. The fourth-order valence-corrected chi connectivity index (χ4v) is 3.63. The van der Waals surface area contributed by atoms with Crippen molar-refractivity contribution < 1.29 is 13.2 Å². The van der Waals surface area contributed by atoms with Gasteiger partial charge in [-0.25, -0.2) is 8.42 Å². The van der Waals surface area contributed by atoms with E-state index < -0.39 is 15.9 Å². The highest BCUT2D eigenvalue weighted by molar-refractivity contribution is 7.92. The summed E-state index contributed by atoms with van der Waals surface area (Å²) in [4.78, 5) is 12.0. The maximum atomic E-state index is 12.3. The van der Waals surface area contributed by atoms with Crippen molar-refractivity contribution in [2.24, 2.45) is 0 Å². The molecule has 0 heterocycles. The lowest BCUT2D eigenvalue weighted by Crippen LogP contribution is -2.30. The van der Waals surface area contributed by atoms with Crippen LogP contribution in [0, 0.1) is 0 Å². The zero-order valence-corrected chi connectivity index (χ0v) is 15.2. The van der Waals surface area contributed by atoms with Crippen molar-refractivity contribution in [3.05, 3.63) is 58.6 Å². The second-order valence-corrected chi connectivity index (χ2v) is 7.95. The molecule has 0 aliphatic rings. The molecule has 2 aromatic carbocycles. The Morgan fingerprint density at radius 3 is 2.21 bits per heavy atom. The molecule has 0 spiro atoms. The normalized spacial score (nSPS) is 11.1. The van der Waals surface area contributed by atoms with Crippen molar-refractivity contribution in [1.29, 1.82) is 0 Å². The number of hydrogen-bond donors (Lipinski definition) is 1. The minimum atomic E-state index is -3.61. The number of amides is 1. The van der Waals surface area contributed by atoms with E-state index in [-0.39, 0.29) is 17.9 Å². The summed E-state index contributed by atoms with van der Waals surface area (Å²) in [5.41, 5.74) is 0.812. The lowest BCUT2D eigenvalue weighted by atomic mass is 10.3. The van der Waals surface area contributed by atoms with Crippen molar-refractivity contribution in [2.45, 2.75) is 6.42 Å². The van der Waals surface area contributed by atoms with Crippen molar-refractivity contribution >= 4 is 50.5 Å². The average Bonchev–Trinajstić information content (AvgIpc) is 2.56. The topological polar surface area (TPSA) is 66.5 Å². The molecule has 0 aliphatic carbocycles. The van der Waals surface area contributed by atoms with Gasteiger partial charge in [-0.1, -0.05) is 47.5 Å². The van der Waals surface area contributed by atoms with Crippen LogP contribution in [0.3, 0.4) is 0 Å². The summed E-state index contributed by atoms with van der Waals surface area (Å²) >= 11 is 11.9. The van der Waals surface area contributed by atoms with Gasteiger partial charge in [0, 0.05) is 13.5 Å². The van der Waals surface area contributed by atoms with Gasteiger partial charge in [-0.05, 0) is 24.3 Å². The van der Waals surface area contributed by atoms with Crippen LogP contribution in [0.1, 0.15) is 6.42 Å². The van der Waals surface area contributed by atoms with Crippen molar-refractivity contribution in [2.75, 3.05) is 22.4 Å². The van der Waals surface area contributed by atoms with Crippen LogP contribution in [0.5, 0.6) is 0 Å². The number of rotatable bonds is 6. The number of sulfonamides is 1. The lowest BCUT2D eigenvalue weighted by Gasteiger charge is -2.19. The molecule has 0 radical (unpaired) electrons. The molecule has 2 aromatic rings. The van der Waals surface area contributed by atoms with E-state index in [4.69, 9.17) is 23.2 Å². The van der Waals surface area contributed by atoms with Gasteiger partial charge in [-0.15, -0.1) is 0 Å². The quantitative estimate of drug-likeness (QED) is 0.820. The first kappa shape index (κ1) is 18.6. The van der Waals surface area contributed by atoms with E-state index in [9.17, 15) is 13.2 Å². The third-order valence-electron chi connectivity index (χ3n) is 3.35. The van der Waals surface area contributed by atoms with Crippen LogP contribution in [-0.2, 0) is 14.8 Å². The van der Waals surface area contributed by atoms with Gasteiger partial charge in [0.1, 0.15) is 0 Å². The zero-order chi connectivity index (χ0) is 17.7. The van der Waals surface area contributed by atoms with Gasteiger partial charge in [0.2, 0.25) is 15.9 Å². The summed E-state index contributed by atoms with van der Waals surface area (Å²) in [5.74, 6) is -0.804. The summed E-state index contributed by atoms with van der Waals surface area (Å²) < 4.78 is 25.8. The molecule has 0 aromatic heterocycles. The van der Waals surface area contributed by atoms with E-state index in [1.807, 2.05) is 0 Å². The molecule has 0 saturated carbocycles. The van der Waals surface area contributed by atoms with E-state index in [1.165, 1.54) is 7.05 Å². The molecule has 128 valence electrons. The van der Waals surface area contributed by atoms with Crippen LogP contribution in [0.25, 0.3) is 0 Å².